The lowest BCUT2D eigenvalue weighted by Gasteiger charge is -2.62. The van der Waals surface area contributed by atoms with E-state index in [1.165, 1.54) is 0 Å². The van der Waals surface area contributed by atoms with Crippen molar-refractivity contribution < 1.29 is 0 Å². The molecule has 15 heavy (non-hydrogen) atoms. The lowest BCUT2D eigenvalue weighted by Crippen LogP contribution is -2.53. The van der Waals surface area contributed by atoms with Crippen molar-refractivity contribution in [1.29, 1.82) is 0 Å². The quantitative estimate of drug-likeness (QED) is 0.547. The fourth-order valence-corrected chi connectivity index (χ4v) is 5.85. The summed E-state index contributed by atoms with van der Waals surface area (Å²) >= 11 is 0. The van der Waals surface area contributed by atoms with E-state index >= 15 is 0 Å². The van der Waals surface area contributed by atoms with Gasteiger partial charge in [0.15, 0.2) is 0 Å². The van der Waals surface area contributed by atoms with Crippen LogP contribution < -0.4 is 0 Å². The van der Waals surface area contributed by atoms with Crippen LogP contribution in [0.1, 0.15) is 59.8 Å². The third kappa shape index (κ3) is 1.47. The molecule has 0 aromatic heterocycles. The SMILES string of the molecule is CC12CC3CC(C1)C(C(C)(C)C)C(C3)C2. The van der Waals surface area contributed by atoms with Crippen molar-refractivity contribution in [3.63, 3.8) is 0 Å². The molecule has 2 unspecified atom stereocenters. The predicted molar refractivity (Wildman–Crippen MR) is 64.6 cm³/mol. The van der Waals surface area contributed by atoms with Crippen LogP contribution in [-0.2, 0) is 0 Å². The van der Waals surface area contributed by atoms with Gasteiger partial charge in [-0.3, -0.25) is 0 Å². The summed E-state index contributed by atoms with van der Waals surface area (Å²) in [4.78, 5) is 0. The largest absolute Gasteiger partial charge is 0.0599 e. The molecule has 4 bridgehead atoms. The van der Waals surface area contributed by atoms with Gasteiger partial charge in [0.05, 0.1) is 0 Å². The van der Waals surface area contributed by atoms with Gasteiger partial charge < -0.3 is 0 Å². The molecule has 0 saturated heterocycles. The maximum atomic E-state index is 2.57. The zero-order valence-corrected chi connectivity index (χ0v) is 10.8. The Balaban J connectivity index is 1.91. The fraction of sp³-hybridized carbons (Fsp3) is 1.00. The highest BCUT2D eigenvalue weighted by Crippen LogP contribution is 2.65. The van der Waals surface area contributed by atoms with E-state index in [0.29, 0.717) is 5.41 Å². The summed E-state index contributed by atoms with van der Waals surface area (Å²) in [6.07, 6.45) is 7.77. The second-order valence-corrected chi connectivity index (χ2v) is 8.17. The van der Waals surface area contributed by atoms with Gasteiger partial charge in [-0.2, -0.15) is 0 Å². The van der Waals surface area contributed by atoms with Crippen LogP contribution in [0.3, 0.4) is 0 Å². The smallest absolute Gasteiger partial charge is 0.0308 e. The molecule has 4 fully saturated rings. The van der Waals surface area contributed by atoms with Crippen molar-refractivity contribution in [1.82, 2.24) is 0 Å². The molecule has 0 aromatic carbocycles. The number of rotatable bonds is 0. The molecule has 0 heterocycles. The van der Waals surface area contributed by atoms with Gasteiger partial charge in [0.2, 0.25) is 0 Å². The predicted octanol–water partition coefficient (Wildman–Crippen LogP) is 4.49. The molecule has 0 nitrogen and oxygen atoms in total. The van der Waals surface area contributed by atoms with Crippen LogP contribution >= 0.6 is 0 Å². The van der Waals surface area contributed by atoms with E-state index in [0.717, 1.165) is 29.1 Å². The van der Waals surface area contributed by atoms with E-state index in [1.54, 1.807) is 32.1 Å². The van der Waals surface area contributed by atoms with Gasteiger partial charge in [0, 0.05) is 0 Å². The van der Waals surface area contributed by atoms with E-state index in [2.05, 4.69) is 27.7 Å². The summed E-state index contributed by atoms with van der Waals surface area (Å²) in [7, 11) is 0. The maximum absolute atomic E-state index is 2.57. The normalized spacial score (nSPS) is 53.6. The minimum absolute atomic E-state index is 0.555. The molecular weight excluding hydrogens is 180 g/mol. The second kappa shape index (κ2) is 2.81. The minimum atomic E-state index is 0.555. The Bertz CT molecular complexity index is 254. The summed E-state index contributed by atoms with van der Waals surface area (Å²) in [5.74, 6) is 4.27. The lowest BCUT2D eigenvalue weighted by atomic mass is 9.43. The molecule has 4 saturated carbocycles. The summed E-state index contributed by atoms with van der Waals surface area (Å²) in [6, 6.07) is 0. The molecule has 86 valence electrons. The Hall–Kier alpha value is 0. The average molecular weight is 206 g/mol. The molecule has 4 aliphatic rings. The molecular formula is C15H26. The lowest BCUT2D eigenvalue weighted by molar-refractivity contribution is -0.120. The first-order valence-electron chi connectivity index (χ1n) is 6.87. The van der Waals surface area contributed by atoms with Crippen molar-refractivity contribution in [2.24, 2.45) is 34.5 Å². The van der Waals surface area contributed by atoms with Gasteiger partial charge in [0.1, 0.15) is 0 Å². The fourth-order valence-electron chi connectivity index (χ4n) is 5.85. The molecule has 0 aliphatic heterocycles. The number of hydrogen-bond donors (Lipinski definition) is 0. The van der Waals surface area contributed by atoms with Crippen molar-refractivity contribution in [3.05, 3.63) is 0 Å². The molecule has 2 atom stereocenters. The van der Waals surface area contributed by atoms with E-state index in [-0.39, 0.29) is 0 Å². The molecule has 4 aliphatic carbocycles. The first-order valence-corrected chi connectivity index (χ1v) is 6.87. The Labute approximate surface area is 94.8 Å². The Morgan fingerprint density at radius 1 is 0.933 bits per heavy atom. The van der Waals surface area contributed by atoms with Gasteiger partial charge in [-0.05, 0) is 66.6 Å². The Morgan fingerprint density at radius 3 is 1.87 bits per heavy atom. The van der Waals surface area contributed by atoms with Gasteiger partial charge >= 0.3 is 0 Å². The third-order valence-corrected chi connectivity index (χ3v) is 5.58. The van der Waals surface area contributed by atoms with Crippen LogP contribution in [0.15, 0.2) is 0 Å². The van der Waals surface area contributed by atoms with Crippen molar-refractivity contribution >= 4 is 0 Å². The summed E-state index contributed by atoms with van der Waals surface area (Å²) in [6.45, 7) is 9.99. The summed E-state index contributed by atoms with van der Waals surface area (Å²) < 4.78 is 0. The van der Waals surface area contributed by atoms with E-state index < -0.39 is 0 Å². The first kappa shape index (κ1) is 10.2. The highest BCUT2D eigenvalue weighted by atomic mass is 14.6. The molecule has 0 heteroatoms. The molecule has 0 N–H and O–H groups in total. The zero-order valence-electron chi connectivity index (χ0n) is 10.8. The standard InChI is InChI=1S/C15H26/c1-14(2,3)13-11-5-10-6-12(13)9-15(4,7-10)8-11/h10-13H,5-9H2,1-4H3. The first-order chi connectivity index (χ1) is 6.87. The Morgan fingerprint density at radius 2 is 1.47 bits per heavy atom. The van der Waals surface area contributed by atoms with Crippen LogP contribution in [0.5, 0.6) is 0 Å². The van der Waals surface area contributed by atoms with E-state index in [4.69, 9.17) is 0 Å². The van der Waals surface area contributed by atoms with Crippen LogP contribution in [0.4, 0.5) is 0 Å². The summed E-state index contributed by atoms with van der Waals surface area (Å²) in [5.41, 5.74) is 1.30. The van der Waals surface area contributed by atoms with Crippen LogP contribution in [0, 0.1) is 34.5 Å². The van der Waals surface area contributed by atoms with Crippen molar-refractivity contribution in [2.45, 2.75) is 59.8 Å². The minimum Gasteiger partial charge on any atom is -0.0599 e. The average Bonchev–Trinajstić information content (AvgIpc) is 1.94. The van der Waals surface area contributed by atoms with Crippen molar-refractivity contribution in [2.75, 3.05) is 0 Å². The van der Waals surface area contributed by atoms with Gasteiger partial charge in [-0.15, -0.1) is 0 Å². The maximum Gasteiger partial charge on any atom is -0.0308 e. The topological polar surface area (TPSA) is 0 Å². The molecule has 4 rings (SSSR count). The highest BCUT2D eigenvalue weighted by molar-refractivity contribution is 5.05. The van der Waals surface area contributed by atoms with E-state index in [9.17, 15) is 0 Å². The van der Waals surface area contributed by atoms with Crippen LogP contribution in [0.25, 0.3) is 0 Å². The Kier molecular flexibility index (Phi) is 1.91. The molecule has 0 aromatic rings. The van der Waals surface area contributed by atoms with E-state index in [1.807, 2.05) is 0 Å². The number of hydrogen-bond acceptors (Lipinski definition) is 0. The third-order valence-electron chi connectivity index (χ3n) is 5.58. The van der Waals surface area contributed by atoms with Crippen molar-refractivity contribution in [3.8, 4) is 0 Å². The monoisotopic (exact) mass is 206 g/mol. The second-order valence-electron chi connectivity index (χ2n) is 8.17. The molecule has 0 amide bonds. The van der Waals surface area contributed by atoms with Crippen LogP contribution in [-0.4, -0.2) is 0 Å². The zero-order chi connectivity index (χ0) is 10.8. The summed E-state index contributed by atoms with van der Waals surface area (Å²) in [5, 5.41) is 0. The molecule has 0 radical (unpaired) electrons. The highest BCUT2D eigenvalue weighted by Gasteiger charge is 2.55. The van der Waals surface area contributed by atoms with Gasteiger partial charge in [-0.25, -0.2) is 0 Å². The molecule has 0 spiro atoms. The van der Waals surface area contributed by atoms with Gasteiger partial charge in [-0.1, -0.05) is 27.7 Å². The van der Waals surface area contributed by atoms with Crippen LogP contribution in [0.2, 0.25) is 0 Å². The van der Waals surface area contributed by atoms with Gasteiger partial charge in [0.25, 0.3) is 0 Å².